The molecule has 1 aliphatic carbocycles. The highest BCUT2D eigenvalue weighted by Gasteiger charge is 2.64. The van der Waals surface area contributed by atoms with E-state index in [1.165, 1.54) is 37.3 Å². The molecule has 5 nitrogen and oxygen atoms in total. The summed E-state index contributed by atoms with van der Waals surface area (Å²) in [6.45, 7) is 7.31. The van der Waals surface area contributed by atoms with Gasteiger partial charge < -0.3 is 14.2 Å². The van der Waals surface area contributed by atoms with Gasteiger partial charge in [-0.15, -0.1) is 0 Å². The molecule has 0 unspecified atom stereocenters. The minimum absolute atomic E-state index is 0.108. The van der Waals surface area contributed by atoms with Gasteiger partial charge in [0.1, 0.15) is 6.10 Å². The molecule has 0 bridgehead atoms. The fraction of sp³-hybridized carbons (Fsp3) is 0.520. The van der Waals surface area contributed by atoms with Gasteiger partial charge in [-0.05, 0) is 43.4 Å². The molecule has 8 heteroatoms. The van der Waals surface area contributed by atoms with Crippen LogP contribution in [0.2, 0.25) is 0 Å². The van der Waals surface area contributed by atoms with E-state index in [4.69, 9.17) is 14.2 Å². The Labute approximate surface area is 191 Å². The lowest BCUT2D eigenvalue weighted by atomic mass is 9.83. The normalized spacial score (nSPS) is 31.8. The Morgan fingerprint density at radius 1 is 1.12 bits per heavy atom. The van der Waals surface area contributed by atoms with Crippen LogP contribution in [-0.2, 0) is 29.4 Å². The molecule has 0 N–H and O–H groups in total. The monoisotopic (exact) mass is 466 g/mol. The zero-order valence-corrected chi connectivity index (χ0v) is 19.4. The standard InChI is InChI=1S/C25H29F3O5/c1-16-13-18(14-23(4)20(33-23)15-22(2,3)12-11-19(16)29)32-21(30)24(31-5,25(26,27)28)17-9-7-6-8-10-17/h6-13,18,20H,14-15H2,1-5H3/b12-11+,16-13+/t18-,20+,23-,24+/m0/s1. The lowest BCUT2D eigenvalue weighted by Gasteiger charge is -2.33. The van der Waals surface area contributed by atoms with E-state index in [-0.39, 0.29) is 29.3 Å². The number of carbonyl (C=O) groups is 2. The number of alkyl halides is 3. The molecule has 0 spiro atoms. The summed E-state index contributed by atoms with van der Waals surface area (Å²) in [6.07, 6.45) is -1.04. The van der Waals surface area contributed by atoms with Crippen LogP contribution in [0.4, 0.5) is 13.2 Å². The van der Waals surface area contributed by atoms with Crippen molar-refractivity contribution >= 4 is 11.8 Å². The first-order valence-electron chi connectivity index (χ1n) is 10.7. The number of epoxide rings is 1. The van der Waals surface area contributed by atoms with Gasteiger partial charge in [0.2, 0.25) is 0 Å². The summed E-state index contributed by atoms with van der Waals surface area (Å²) in [5.74, 6) is -1.90. The van der Waals surface area contributed by atoms with Gasteiger partial charge in [0, 0.05) is 19.1 Å². The highest BCUT2D eigenvalue weighted by atomic mass is 19.4. The maximum Gasteiger partial charge on any atom is 0.432 e. The summed E-state index contributed by atoms with van der Waals surface area (Å²) in [4.78, 5) is 25.6. The Kier molecular flexibility index (Phi) is 6.65. The second-order valence-electron chi connectivity index (χ2n) is 9.56. The van der Waals surface area contributed by atoms with E-state index in [0.717, 1.165) is 19.2 Å². The number of hydrogen-bond donors (Lipinski definition) is 0. The molecule has 0 radical (unpaired) electrons. The van der Waals surface area contributed by atoms with Gasteiger partial charge in [0.25, 0.3) is 5.60 Å². The highest BCUT2D eigenvalue weighted by molar-refractivity contribution is 6.03. The average molecular weight is 466 g/mol. The molecule has 180 valence electrons. The summed E-state index contributed by atoms with van der Waals surface area (Å²) in [6, 6.07) is 6.63. The van der Waals surface area contributed by atoms with Crippen LogP contribution in [0.3, 0.4) is 0 Å². The summed E-state index contributed by atoms with van der Waals surface area (Å²) in [5.41, 5.74) is -4.45. The summed E-state index contributed by atoms with van der Waals surface area (Å²) in [7, 11) is 0.818. The number of methoxy groups -OCH3 is 1. The largest absolute Gasteiger partial charge is 0.455 e. The Hall–Kier alpha value is -2.45. The van der Waals surface area contributed by atoms with Gasteiger partial charge in [-0.3, -0.25) is 4.79 Å². The van der Waals surface area contributed by atoms with Crippen molar-refractivity contribution in [3.05, 3.63) is 59.7 Å². The third-order valence-corrected chi connectivity index (χ3v) is 6.30. The van der Waals surface area contributed by atoms with E-state index < -0.39 is 35.0 Å². The predicted molar refractivity (Wildman–Crippen MR) is 115 cm³/mol. The number of rotatable bonds is 4. The van der Waals surface area contributed by atoms with Crippen LogP contribution in [-0.4, -0.2) is 42.8 Å². The first kappa shape index (κ1) is 25.2. The number of halogens is 3. The van der Waals surface area contributed by atoms with Gasteiger partial charge in [0.05, 0.1) is 11.7 Å². The third kappa shape index (κ3) is 5.06. The number of ether oxygens (including phenoxy) is 3. The number of fused-ring (bicyclic) bond motifs is 1. The Morgan fingerprint density at radius 3 is 2.33 bits per heavy atom. The first-order valence-corrected chi connectivity index (χ1v) is 10.7. The number of carbonyl (C=O) groups excluding carboxylic acids is 2. The van der Waals surface area contributed by atoms with E-state index in [0.29, 0.717) is 6.42 Å². The van der Waals surface area contributed by atoms with E-state index in [1.807, 2.05) is 20.8 Å². The van der Waals surface area contributed by atoms with Crippen molar-refractivity contribution in [2.75, 3.05) is 7.11 Å². The van der Waals surface area contributed by atoms with Crippen LogP contribution in [0.15, 0.2) is 54.1 Å². The molecular formula is C25H29F3O5. The lowest BCUT2D eigenvalue weighted by molar-refractivity contribution is -0.277. The lowest BCUT2D eigenvalue weighted by Crippen LogP contribution is -2.52. The van der Waals surface area contributed by atoms with Crippen molar-refractivity contribution in [3.63, 3.8) is 0 Å². The fourth-order valence-corrected chi connectivity index (χ4v) is 4.21. The molecular weight excluding hydrogens is 437 g/mol. The summed E-state index contributed by atoms with van der Waals surface area (Å²) >= 11 is 0. The van der Waals surface area contributed by atoms with Crippen molar-refractivity contribution in [3.8, 4) is 0 Å². The second kappa shape index (κ2) is 8.72. The summed E-state index contributed by atoms with van der Waals surface area (Å²) < 4.78 is 58.8. The van der Waals surface area contributed by atoms with Gasteiger partial charge in [-0.1, -0.05) is 50.3 Å². The number of esters is 1. The molecule has 33 heavy (non-hydrogen) atoms. The number of benzene rings is 1. The topological polar surface area (TPSA) is 65.1 Å². The highest BCUT2D eigenvalue weighted by Crippen LogP contribution is 2.48. The molecule has 0 aromatic heterocycles. The quantitative estimate of drug-likeness (QED) is 0.459. The van der Waals surface area contributed by atoms with E-state index in [2.05, 4.69) is 0 Å². The molecule has 1 fully saturated rings. The van der Waals surface area contributed by atoms with Crippen molar-refractivity contribution in [2.24, 2.45) is 5.41 Å². The van der Waals surface area contributed by atoms with Crippen molar-refractivity contribution < 1.29 is 37.0 Å². The van der Waals surface area contributed by atoms with Gasteiger partial charge in [-0.2, -0.15) is 13.2 Å². The van der Waals surface area contributed by atoms with Crippen LogP contribution >= 0.6 is 0 Å². The average Bonchev–Trinajstić information content (AvgIpc) is 3.33. The van der Waals surface area contributed by atoms with Crippen LogP contribution in [0.1, 0.15) is 46.1 Å². The summed E-state index contributed by atoms with van der Waals surface area (Å²) in [5, 5.41) is 0. The molecule has 1 saturated heterocycles. The zero-order chi connectivity index (χ0) is 24.7. The van der Waals surface area contributed by atoms with E-state index >= 15 is 0 Å². The van der Waals surface area contributed by atoms with Gasteiger partial charge >= 0.3 is 12.1 Å². The molecule has 1 aliphatic heterocycles. The first-order chi connectivity index (χ1) is 15.2. The zero-order valence-electron chi connectivity index (χ0n) is 19.4. The molecule has 1 heterocycles. The molecule has 3 rings (SSSR count). The SMILES string of the molecule is CO[C@@](C(=O)O[C@H]1/C=C(\C)C(=O)/C=C/C(C)(C)C[C@H]2O[C@@]2(C)C1)(c1ccccc1)C(F)(F)F. The minimum Gasteiger partial charge on any atom is -0.455 e. The second-order valence-corrected chi connectivity index (χ2v) is 9.56. The maximum atomic E-state index is 14.2. The molecule has 1 aromatic carbocycles. The van der Waals surface area contributed by atoms with Gasteiger partial charge in [0.15, 0.2) is 5.78 Å². The Balaban J connectivity index is 1.98. The Morgan fingerprint density at radius 2 is 1.76 bits per heavy atom. The van der Waals surface area contributed by atoms with Crippen LogP contribution in [0, 0.1) is 5.41 Å². The molecule has 0 saturated carbocycles. The predicted octanol–water partition coefficient (Wildman–Crippen LogP) is 5.05. The van der Waals surface area contributed by atoms with Crippen molar-refractivity contribution in [1.82, 2.24) is 0 Å². The minimum atomic E-state index is -5.09. The van der Waals surface area contributed by atoms with Crippen molar-refractivity contribution in [2.45, 2.75) is 70.1 Å². The molecule has 0 amide bonds. The molecule has 2 aliphatic rings. The van der Waals surface area contributed by atoms with Crippen LogP contribution < -0.4 is 0 Å². The fourth-order valence-electron chi connectivity index (χ4n) is 4.21. The maximum absolute atomic E-state index is 14.2. The smallest absolute Gasteiger partial charge is 0.432 e. The van der Waals surface area contributed by atoms with Crippen LogP contribution in [0.5, 0.6) is 0 Å². The van der Waals surface area contributed by atoms with Crippen LogP contribution in [0.25, 0.3) is 0 Å². The van der Waals surface area contributed by atoms with E-state index in [1.54, 1.807) is 6.08 Å². The van der Waals surface area contributed by atoms with E-state index in [9.17, 15) is 22.8 Å². The molecule has 1 aromatic rings. The third-order valence-electron chi connectivity index (χ3n) is 6.30. The number of hydrogen-bond acceptors (Lipinski definition) is 5. The van der Waals surface area contributed by atoms with Gasteiger partial charge in [-0.25, -0.2) is 4.79 Å². The number of ketones is 1. The molecule has 4 atom stereocenters. The van der Waals surface area contributed by atoms with Crippen molar-refractivity contribution in [1.29, 1.82) is 0 Å². The Bertz CT molecular complexity index is 966. The number of allylic oxidation sites excluding steroid dienone is 3.